The fraction of sp³-hybridized carbons (Fsp3) is 0.857. The van der Waals surface area contributed by atoms with Crippen LogP contribution in [0.15, 0.2) is 0 Å². The minimum Gasteiger partial charge on any atom is -0.449 e. The Bertz CT molecular complexity index is 198. The normalized spacial score (nSPS) is 20.5. The predicted molar refractivity (Wildman–Crippen MR) is 44.3 cm³/mol. The minimum absolute atomic E-state index is 0.0725. The highest BCUT2D eigenvalue weighted by Crippen LogP contribution is 2.35. The molecule has 0 N–H and O–H groups in total. The summed E-state index contributed by atoms with van der Waals surface area (Å²) in [5.74, 6) is -1.29. The molecule has 6 heteroatoms. The summed E-state index contributed by atoms with van der Waals surface area (Å²) in [6.45, 7) is -2.82. The van der Waals surface area contributed by atoms with Crippen molar-refractivity contribution in [1.82, 2.24) is 4.90 Å². The lowest BCUT2D eigenvalue weighted by atomic mass is 9.67. The van der Waals surface area contributed by atoms with Crippen LogP contribution in [0.4, 0.5) is 12.9 Å². The van der Waals surface area contributed by atoms with Crippen LogP contribution in [0.25, 0.3) is 0 Å². The third-order valence-corrected chi connectivity index (χ3v) is 2.52. The van der Waals surface area contributed by atoms with Gasteiger partial charge in [-0.05, 0) is 0 Å². The average molecular weight is 194 g/mol. The van der Waals surface area contributed by atoms with E-state index in [1.807, 2.05) is 0 Å². The number of hydrogen-bond donors (Lipinski definition) is 0. The fourth-order valence-electron chi connectivity index (χ4n) is 1.59. The van der Waals surface area contributed by atoms with Crippen molar-refractivity contribution in [2.24, 2.45) is 0 Å². The summed E-state index contributed by atoms with van der Waals surface area (Å²) >= 11 is 0. The maximum Gasteiger partial charge on any atom is 0.481 e. The number of rotatable bonds is 1. The third-order valence-electron chi connectivity index (χ3n) is 2.52. The van der Waals surface area contributed by atoms with E-state index >= 15 is 0 Å². The first-order valence-electron chi connectivity index (χ1n) is 4.36. The number of halogens is 3. The van der Waals surface area contributed by atoms with Gasteiger partial charge in [0.2, 0.25) is 5.91 Å². The van der Waals surface area contributed by atoms with E-state index in [1.54, 1.807) is 0 Å². The van der Waals surface area contributed by atoms with Crippen molar-refractivity contribution in [2.75, 3.05) is 13.1 Å². The monoisotopic (exact) mass is 194 g/mol. The minimum atomic E-state index is -4.71. The van der Waals surface area contributed by atoms with E-state index in [-0.39, 0.29) is 31.8 Å². The highest BCUT2D eigenvalue weighted by molar-refractivity contribution is 6.60. The highest BCUT2D eigenvalue weighted by atomic mass is 19.4. The Morgan fingerprint density at radius 3 is 2.08 bits per heavy atom. The Morgan fingerprint density at radius 1 is 1.31 bits per heavy atom. The molecule has 1 saturated heterocycles. The van der Waals surface area contributed by atoms with Gasteiger partial charge in [0.25, 0.3) is 0 Å². The second kappa shape index (κ2) is 3.60. The van der Waals surface area contributed by atoms with Gasteiger partial charge >= 0.3 is 6.98 Å². The molecule has 0 saturated carbocycles. The molecule has 0 atom stereocenters. The van der Waals surface area contributed by atoms with Crippen LogP contribution in [0.3, 0.4) is 0 Å². The topological polar surface area (TPSA) is 20.3 Å². The van der Waals surface area contributed by atoms with Gasteiger partial charge in [-0.15, -0.1) is 0 Å². The second-order valence-corrected chi connectivity index (χ2v) is 3.47. The molecule has 0 bridgehead atoms. The Kier molecular flexibility index (Phi) is 2.88. The number of likely N-dealkylation sites (tertiary alicyclic amines) is 1. The number of nitrogens with zero attached hydrogens (tertiary/aromatic N) is 1. The number of hydrogen-bond acceptors (Lipinski definition) is 1. The van der Waals surface area contributed by atoms with E-state index in [2.05, 4.69) is 0 Å². The zero-order valence-electron chi connectivity index (χ0n) is 7.47. The van der Waals surface area contributed by atoms with Gasteiger partial charge in [-0.2, -0.15) is 0 Å². The highest BCUT2D eigenvalue weighted by Gasteiger charge is 2.36. The van der Waals surface area contributed by atoms with Crippen LogP contribution >= 0.6 is 0 Å². The molecule has 0 aromatic rings. The Balaban J connectivity index is 2.44. The van der Waals surface area contributed by atoms with Crippen LogP contribution in [0.2, 0.25) is 5.82 Å². The van der Waals surface area contributed by atoms with Gasteiger partial charge < -0.3 is 17.8 Å². The van der Waals surface area contributed by atoms with E-state index < -0.39 is 12.8 Å². The zero-order valence-corrected chi connectivity index (χ0v) is 7.47. The van der Waals surface area contributed by atoms with Gasteiger partial charge in [-0.3, -0.25) is 4.79 Å². The summed E-state index contributed by atoms with van der Waals surface area (Å²) in [6.07, 6.45) is 0.145. The summed E-state index contributed by atoms with van der Waals surface area (Å²) in [5, 5.41) is 0. The summed E-state index contributed by atoms with van der Waals surface area (Å²) in [6, 6.07) is 0. The molecule has 1 aliphatic heterocycles. The van der Waals surface area contributed by atoms with Crippen molar-refractivity contribution in [1.29, 1.82) is 0 Å². The van der Waals surface area contributed by atoms with Crippen LogP contribution in [-0.4, -0.2) is 30.9 Å². The van der Waals surface area contributed by atoms with Crippen molar-refractivity contribution < 1.29 is 17.7 Å². The molecule has 76 valence electrons. The SMILES string of the molecule is CC(=O)N1CCC([B-](F)(F)F)CC1. The number of piperidine rings is 1. The van der Waals surface area contributed by atoms with E-state index in [1.165, 1.54) is 11.8 Å². The lowest BCUT2D eigenvalue weighted by Gasteiger charge is -2.36. The second-order valence-electron chi connectivity index (χ2n) is 3.47. The van der Waals surface area contributed by atoms with Gasteiger partial charge in [-0.1, -0.05) is 18.7 Å². The van der Waals surface area contributed by atoms with Crippen LogP contribution < -0.4 is 0 Å². The number of amides is 1. The number of carbonyl (C=O) groups is 1. The van der Waals surface area contributed by atoms with Crippen molar-refractivity contribution in [3.05, 3.63) is 0 Å². The van der Waals surface area contributed by atoms with E-state index in [9.17, 15) is 17.7 Å². The molecule has 1 amide bonds. The summed E-state index contributed by atoms with van der Waals surface area (Å²) in [7, 11) is 0. The van der Waals surface area contributed by atoms with Crippen LogP contribution in [0, 0.1) is 0 Å². The van der Waals surface area contributed by atoms with E-state index in [0.717, 1.165) is 0 Å². The molecule has 0 aromatic heterocycles. The molecule has 0 unspecified atom stereocenters. The van der Waals surface area contributed by atoms with E-state index in [4.69, 9.17) is 0 Å². The molecule has 2 nitrogen and oxygen atoms in total. The first kappa shape index (κ1) is 10.4. The Hall–Kier alpha value is -0.675. The lowest BCUT2D eigenvalue weighted by molar-refractivity contribution is -0.129. The first-order chi connectivity index (χ1) is 5.91. The average Bonchev–Trinajstić information content (AvgIpc) is 2.03. The molecule has 0 spiro atoms. The molecule has 13 heavy (non-hydrogen) atoms. The van der Waals surface area contributed by atoms with Gasteiger partial charge in [0.1, 0.15) is 0 Å². The quantitative estimate of drug-likeness (QED) is 0.583. The van der Waals surface area contributed by atoms with Crippen LogP contribution in [0.1, 0.15) is 19.8 Å². The molecule has 1 rings (SSSR count). The molecule has 1 aliphatic rings. The standard InChI is InChI=1S/C7H12BF3NO/c1-6(13)12-4-2-7(3-5-12)8(9,10)11/h7H,2-5H2,1H3/q-1. The third kappa shape index (κ3) is 2.64. The van der Waals surface area contributed by atoms with Crippen molar-refractivity contribution >= 4 is 12.9 Å². The smallest absolute Gasteiger partial charge is 0.449 e. The van der Waals surface area contributed by atoms with Crippen molar-refractivity contribution in [3.8, 4) is 0 Å². The van der Waals surface area contributed by atoms with Gasteiger partial charge in [0, 0.05) is 20.0 Å². The molecular weight excluding hydrogens is 182 g/mol. The van der Waals surface area contributed by atoms with Crippen molar-refractivity contribution in [2.45, 2.75) is 25.6 Å². The summed E-state index contributed by atoms with van der Waals surface area (Å²) < 4.78 is 36.7. The predicted octanol–water partition coefficient (Wildman–Crippen LogP) is 1.85. The van der Waals surface area contributed by atoms with Crippen LogP contribution in [-0.2, 0) is 4.79 Å². The van der Waals surface area contributed by atoms with E-state index in [0.29, 0.717) is 0 Å². The summed E-state index contributed by atoms with van der Waals surface area (Å²) in [5.41, 5.74) is 0. The largest absolute Gasteiger partial charge is 0.481 e. The van der Waals surface area contributed by atoms with Gasteiger partial charge in [0.15, 0.2) is 0 Å². The fourth-order valence-corrected chi connectivity index (χ4v) is 1.59. The summed E-state index contributed by atoms with van der Waals surface area (Å²) in [4.78, 5) is 12.3. The Morgan fingerprint density at radius 2 is 1.77 bits per heavy atom. The van der Waals surface area contributed by atoms with Gasteiger partial charge in [-0.25, -0.2) is 0 Å². The molecule has 0 aliphatic carbocycles. The molecular formula is C7H12BF3NO-. The molecule has 0 aromatic carbocycles. The lowest BCUT2D eigenvalue weighted by Crippen LogP contribution is -2.40. The first-order valence-corrected chi connectivity index (χ1v) is 4.36. The number of carbonyl (C=O) groups excluding carboxylic acids is 1. The Labute approximate surface area is 75.1 Å². The maximum absolute atomic E-state index is 12.2. The molecule has 0 radical (unpaired) electrons. The molecule has 1 heterocycles. The van der Waals surface area contributed by atoms with Crippen LogP contribution in [0.5, 0.6) is 0 Å². The van der Waals surface area contributed by atoms with Gasteiger partial charge in [0.05, 0.1) is 0 Å². The zero-order chi connectivity index (χ0) is 10.1. The maximum atomic E-state index is 12.2. The van der Waals surface area contributed by atoms with Crippen molar-refractivity contribution in [3.63, 3.8) is 0 Å². The molecule has 1 fully saturated rings.